The molecule has 0 N–H and O–H groups in total. The highest BCUT2D eigenvalue weighted by atomic mass is 19.4. The molecule has 0 aliphatic carbocycles. The molecule has 0 radical (unpaired) electrons. The van der Waals surface area contributed by atoms with E-state index in [1.807, 2.05) is 24.5 Å². The van der Waals surface area contributed by atoms with E-state index in [2.05, 4.69) is 5.10 Å². The number of anilines is 1. The number of alkyl halides is 7. The lowest BCUT2D eigenvalue weighted by atomic mass is 9.96. The molecule has 196 valence electrons. The van der Waals surface area contributed by atoms with Gasteiger partial charge >= 0.3 is 18.0 Å². The van der Waals surface area contributed by atoms with Crippen LogP contribution in [0.2, 0.25) is 0 Å². The van der Waals surface area contributed by atoms with Gasteiger partial charge in [-0.25, -0.2) is 0 Å². The lowest BCUT2D eigenvalue weighted by Gasteiger charge is -2.27. The molecule has 0 fully saturated rings. The molecule has 1 amide bonds. The van der Waals surface area contributed by atoms with Crippen molar-refractivity contribution in [2.75, 3.05) is 5.01 Å². The van der Waals surface area contributed by atoms with Crippen LogP contribution in [-0.4, -0.2) is 34.2 Å². The Labute approximate surface area is 207 Å². The molecule has 0 spiro atoms. The summed E-state index contributed by atoms with van der Waals surface area (Å²) in [6.07, 6.45) is -4.94. The number of hydrogen-bond donors (Lipinski definition) is 0. The summed E-state index contributed by atoms with van der Waals surface area (Å²) in [6, 6.07) is 12.2. The minimum absolute atomic E-state index is 0.0690. The van der Waals surface area contributed by atoms with Crippen molar-refractivity contribution in [3.05, 3.63) is 70.9 Å². The summed E-state index contributed by atoms with van der Waals surface area (Å²) < 4.78 is 99.2. The number of nitrogens with zero attached hydrogens (tertiary/aromatic N) is 3. The van der Waals surface area contributed by atoms with Gasteiger partial charge in [0.15, 0.2) is 5.71 Å². The molecular weight excluding hydrogens is 503 g/mol. The van der Waals surface area contributed by atoms with Crippen LogP contribution < -0.4 is 5.01 Å². The van der Waals surface area contributed by atoms with E-state index in [0.29, 0.717) is 29.1 Å². The number of amides is 1. The van der Waals surface area contributed by atoms with Crippen LogP contribution in [0.4, 0.5) is 36.4 Å². The Morgan fingerprint density at radius 2 is 1.57 bits per heavy atom. The van der Waals surface area contributed by atoms with Crippen LogP contribution in [0.3, 0.4) is 0 Å². The summed E-state index contributed by atoms with van der Waals surface area (Å²) in [5.41, 5.74) is -0.695. The van der Waals surface area contributed by atoms with E-state index in [-0.39, 0.29) is 11.3 Å². The van der Waals surface area contributed by atoms with Gasteiger partial charge in [0.2, 0.25) is 0 Å². The van der Waals surface area contributed by atoms with E-state index < -0.39 is 35.2 Å². The molecule has 4 nitrogen and oxygen atoms in total. The average Bonchev–Trinajstić information content (AvgIpc) is 3.30. The first-order valence-corrected chi connectivity index (χ1v) is 11.4. The summed E-state index contributed by atoms with van der Waals surface area (Å²) >= 11 is 0. The highest BCUT2D eigenvalue weighted by Crippen LogP contribution is 2.49. The standard InChI is InChI=1S/C26H22F7N3O/c1-4-13-35-16(3)19(18-12-8-9-15(2)21(18)35)14-20-22(24(27,28)25(29,30)26(31,32)33)34-36(23(20)37)17-10-6-5-7-11-17/h5-12,14H,4,13H2,1-3H3/b20-14+. The molecule has 11 heteroatoms. The van der Waals surface area contributed by atoms with Gasteiger partial charge in [-0.15, -0.1) is 0 Å². The lowest BCUT2D eigenvalue weighted by Crippen LogP contribution is -2.56. The number of carbonyl (C=O) groups excluding carboxylic acids is 1. The molecule has 0 saturated heterocycles. The number of halogens is 7. The van der Waals surface area contributed by atoms with Gasteiger partial charge in [-0.2, -0.15) is 40.8 Å². The van der Waals surface area contributed by atoms with Crippen molar-refractivity contribution in [2.24, 2.45) is 5.10 Å². The highest BCUT2D eigenvalue weighted by molar-refractivity contribution is 6.35. The van der Waals surface area contributed by atoms with Crippen LogP contribution in [-0.2, 0) is 11.3 Å². The molecule has 3 aromatic rings. The zero-order valence-corrected chi connectivity index (χ0v) is 20.0. The molecule has 37 heavy (non-hydrogen) atoms. The van der Waals surface area contributed by atoms with Crippen LogP contribution in [0, 0.1) is 13.8 Å². The number of carbonyl (C=O) groups is 1. The monoisotopic (exact) mass is 525 g/mol. The zero-order valence-electron chi connectivity index (χ0n) is 20.0. The fourth-order valence-corrected chi connectivity index (χ4v) is 4.42. The van der Waals surface area contributed by atoms with Gasteiger partial charge < -0.3 is 4.57 Å². The summed E-state index contributed by atoms with van der Waals surface area (Å²) in [7, 11) is 0. The smallest absolute Gasteiger partial charge is 0.344 e. The Balaban J connectivity index is 2.00. The number of aryl methyl sites for hydroxylation is 2. The molecule has 0 saturated carbocycles. The number of rotatable bonds is 6. The van der Waals surface area contributed by atoms with E-state index in [0.717, 1.165) is 17.2 Å². The van der Waals surface area contributed by atoms with Crippen LogP contribution in [0.25, 0.3) is 17.0 Å². The number of benzene rings is 2. The van der Waals surface area contributed by atoms with Crippen molar-refractivity contribution >= 4 is 34.3 Å². The van der Waals surface area contributed by atoms with Crippen molar-refractivity contribution in [1.29, 1.82) is 0 Å². The minimum atomic E-state index is -6.59. The second-order valence-electron chi connectivity index (χ2n) is 8.73. The third-order valence-electron chi connectivity index (χ3n) is 6.25. The Kier molecular flexibility index (Phi) is 6.46. The fourth-order valence-electron chi connectivity index (χ4n) is 4.42. The Bertz CT molecular complexity index is 1420. The zero-order chi connectivity index (χ0) is 27.3. The molecule has 0 atom stereocenters. The van der Waals surface area contributed by atoms with Crippen LogP contribution in [0.1, 0.15) is 30.2 Å². The average molecular weight is 525 g/mol. The summed E-state index contributed by atoms with van der Waals surface area (Å²) in [5.74, 6) is -13.6. The van der Waals surface area contributed by atoms with Crippen molar-refractivity contribution < 1.29 is 35.5 Å². The number of para-hydroxylation sites is 2. The molecule has 2 heterocycles. The summed E-state index contributed by atoms with van der Waals surface area (Å²) in [5, 5.41) is 4.28. The quantitative estimate of drug-likeness (QED) is 0.246. The molecule has 0 bridgehead atoms. The first-order valence-electron chi connectivity index (χ1n) is 11.4. The fraction of sp³-hybridized carbons (Fsp3) is 0.308. The predicted molar refractivity (Wildman–Crippen MR) is 127 cm³/mol. The molecular formula is C26H22F7N3O. The summed E-state index contributed by atoms with van der Waals surface area (Å²) in [4.78, 5) is 13.3. The SMILES string of the molecule is CCCn1c(C)c(/C=C2/C(=O)N(c3ccccc3)N=C2C(F)(F)C(F)(F)C(F)(F)F)c2cccc(C)c21. The van der Waals surface area contributed by atoms with E-state index >= 15 is 0 Å². The van der Waals surface area contributed by atoms with Gasteiger partial charge in [0.05, 0.1) is 16.8 Å². The summed E-state index contributed by atoms with van der Waals surface area (Å²) in [6.45, 7) is 5.94. The maximum Gasteiger partial charge on any atom is 0.460 e. The van der Waals surface area contributed by atoms with Crippen molar-refractivity contribution in [3.63, 3.8) is 0 Å². The Morgan fingerprint density at radius 3 is 2.16 bits per heavy atom. The number of hydrazone groups is 1. The van der Waals surface area contributed by atoms with Gasteiger partial charge in [-0.05, 0) is 44.0 Å². The van der Waals surface area contributed by atoms with Crippen molar-refractivity contribution in [3.8, 4) is 0 Å². The minimum Gasteiger partial charge on any atom is -0.344 e. The van der Waals surface area contributed by atoms with Crippen LogP contribution in [0.5, 0.6) is 0 Å². The lowest BCUT2D eigenvalue weighted by molar-refractivity contribution is -0.336. The maximum absolute atomic E-state index is 15.0. The molecule has 1 aliphatic rings. The predicted octanol–water partition coefficient (Wildman–Crippen LogP) is 7.29. The normalized spacial score (nSPS) is 16.3. The third kappa shape index (κ3) is 4.10. The van der Waals surface area contributed by atoms with Gasteiger partial charge in [0, 0.05) is 23.2 Å². The van der Waals surface area contributed by atoms with E-state index in [9.17, 15) is 35.5 Å². The van der Waals surface area contributed by atoms with Crippen LogP contribution >= 0.6 is 0 Å². The number of hydrogen-bond acceptors (Lipinski definition) is 2. The topological polar surface area (TPSA) is 37.6 Å². The first kappa shape index (κ1) is 26.4. The first-order chi connectivity index (χ1) is 17.2. The Hall–Kier alpha value is -3.63. The van der Waals surface area contributed by atoms with E-state index in [4.69, 9.17) is 0 Å². The van der Waals surface area contributed by atoms with E-state index in [1.165, 1.54) is 24.3 Å². The van der Waals surface area contributed by atoms with Gasteiger partial charge in [-0.3, -0.25) is 4.79 Å². The molecule has 4 rings (SSSR count). The third-order valence-corrected chi connectivity index (χ3v) is 6.25. The highest BCUT2D eigenvalue weighted by Gasteiger charge is 2.76. The largest absolute Gasteiger partial charge is 0.460 e. The number of aromatic nitrogens is 1. The molecule has 2 aromatic carbocycles. The van der Waals surface area contributed by atoms with Crippen LogP contribution in [0.15, 0.2) is 59.2 Å². The molecule has 1 aromatic heterocycles. The Morgan fingerprint density at radius 1 is 0.919 bits per heavy atom. The second-order valence-corrected chi connectivity index (χ2v) is 8.73. The maximum atomic E-state index is 15.0. The van der Waals surface area contributed by atoms with Crippen molar-refractivity contribution in [2.45, 2.75) is 51.8 Å². The van der Waals surface area contributed by atoms with Gasteiger partial charge in [0.25, 0.3) is 5.91 Å². The number of fused-ring (bicyclic) bond motifs is 1. The van der Waals surface area contributed by atoms with E-state index in [1.54, 1.807) is 25.1 Å². The molecule has 1 aliphatic heterocycles. The van der Waals surface area contributed by atoms with Crippen molar-refractivity contribution in [1.82, 2.24) is 4.57 Å². The molecule has 0 unspecified atom stereocenters. The second kappa shape index (κ2) is 9.04. The van der Waals surface area contributed by atoms with Gasteiger partial charge in [0.1, 0.15) is 0 Å². The van der Waals surface area contributed by atoms with Gasteiger partial charge in [-0.1, -0.05) is 43.3 Å².